The molecule has 0 atom stereocenters. The zero-order valence-electron chi connectivity index (χ0n) is 6.38. The van der Waals surface area contributed by atoms with Gasteiger partial charge in [-0.05, 0) is 18.6 Å². The van der Waals surface area contributed by atoms with Gasteiger partial charge in [0.1, 0.15) is 0 Å². The fraction of sp³-hybridized carbons (Fsp3) is 0.250. The lowest BCUT2D eigenvalue weighted by Crippen LogP contribution is -2.48. The Kier molecular flexibility index (Phi) is 1.92. The normalized spacial score (nSPS) is 17.3. The van der Waals surface area contributed by atoms with Gasteiger partial charge in [-0.3, -0.25) is 0 Å². The summed E-state index contributed by atoms with van der Waals surface area (Å²) in [5.74, 6) is 0. The summed E-state index contributed by atoms with van der Waals surface area (Å²) in [6.45, 7) is 2.51. The highest BCUT2D eigenvalue weighted by Gasteiger charge is 2.19. The van der Waals surface area contributed by atoms with Crippen molar-refractivity contribution >= 4 is 12.4 Å². The van der Waals surface area contributed by atoms with E-state index in [1.807, 2.05) is 6.07 Å². The zero-order valence-corrected chi connectivity index (χ0v) is 6.38. The van der Waals surface area contributed by atoms with Crippen molar-refractivity contribution in [2.24, 2.45) is 0 Å². The van der Waals surface area contributed by atoms with Gasteiger partial charge in [-0.2, -0.15) is 0 Å². The predicted octanol–water partition coefficient (Wildman–Crippen LogP) is -0.425. The Balaban J connectivity index is 2.16. The lowest BCUT2D eigenvalue weighted by Gasteiger charge is -2.04. The Bertz CT molecular complexity index is 219. The van der Waals surface area contributed by atoms with E-state index in [1.165, 1.54) is 5.46 Å². The fourth-order valence-electron chi connectivity index (χ4n) is 1.39. The van der Waals surface area contributed by atoms with Crippen molar-refractivity contribution < 1.29 is 0 Å². The molecule has 1 heterocycles. The van der Waals surface area contributed by atoms with Gasteiger partial charge in [0.2, 0.25) is 0 Å². The fourth-order valence-corrected chi connectivity index (χ4v) is 1.39. The summed E-state index contributed by atoms with van der Waals surface area (Å²) in [5.41, 5.74) is 1.32. The molecule has 1 aromatic carbocycles. The van der Waals surface area contributed by atoms with Crippen molar-refractivity contribution in [2.45, 2.75) is 0 Å². The molecule has 0 amide bonds. The molecule has 56 valence electrons. The summed E-state index contributed by atoms with van der Waals surface area (Å²) < 4.78 is 0. The number of hydrogen-bond acceptors (Lipinski definition) is 2. The quantitative estimate of drug-likeness (QED) is 0.525. The van der Waals surface area contributed by atoms with Crippen LogP contribution < -0.4 is 15.9 Å². The van der Waals surface area contributed by atoms with E-state index in [0.717, 1.165) is 13.1 Å². The summed E-state index contributed by atoms with van der Waals surface area (Å²) >= 11 is 0. The molecular formula is C8H11BN2. The molecule has 0 unspecified atom stereocenters. The van der Waals surface area contributed by atoms with Crippen LogP contribution in [0.4, 0.5) is 0 Å². The van der Waals surface area contributed by atoms with Gasteiger partial charge in [0.25, 0.3) is 0 Å². The third-order valence-corrected chi connectivity index (χ3v) is 1.95. The molecule has 1 saturated heterocycles. The van der Waals surface area contributed by atoms with Gasteiger partial charge in [0.05, 0.1) is 0 Å². The molecule has 0 spiro atoms. The Morgan fingerprint density at radius 1 is 1.00 bits per heavy atom. The van der Waals surface area contributed by atoms with Gasteiger partial charge in [-0.25, -0.2) is 0 Å². The standard InChI is InChI=1S/C8H11BN2/c1-2-4-8(5-3-1)9-10-6-7-11-9/h1-5,10-11H,6-7H2. The van der Waals surface area contributed by atoms with E-state index in [9.17, 15) is 0 Å². The lowest BCUT2D eigenvalue weighted by atomic mass is 9.70. The van der Waals surface area contributed by atoms with Crippen LogP contribution in [-0.4, -0.2) is 20.1 Å². The average Bonchev–Trinajstić information content (AvgIpc) is 2.58. The van der Waals surface area contributed by atoms with Crippen molar-refractivity contribution in [1.82, 2.24) is 10.5 Å². The Morgan fingerprint density at radius 2 is 1.64 bits per heavy atom. The molecule has 2 nitrogen and oxygen atoms in total. The molecular weight excluding hydrogens is 135 g/mol. The molecule has 0 bridgehead atoms. The molecule has 2 rings (SSSR count). The number of hydrogen-bond donors (Lipinski definition) is 2. The summed E-state index contributed by atoms with van der Waals surface area (Å²) in [6.07, 6.45) is 0. The van der Waals surface area contributed by atoms with E-state index < -0.39 is 0 Å². The first-order chi connectivity index (χ1) is 5.47. The van der Waals surface area contributed by atoms with Crippen LogP contribution in [0.25, 0.3) is 0 Å². The van der Waals surface area contributed by atoms with Crippen LogP contribution >= 0.6 is 0 Å². The van der Waals surface area contributed by atoms with E-state index >= 15 is 0 Å². The predicted molar refractivity (Wildman–Crippen MR) is 47.8 cm³/mol. The van der Waals surface area contributed by atoms with Crippen LogP contribution in [0.3, 0.4) is 0 Å². The van der Waals surface area contributed by atoms with E-state index in [0.29, 0.717) is 6.98 Å². The number of rotatable bonds is 1. The minimum atomic E-state index is 0.371. The topological polar surface area (TPSA) is 24.1 Å². The van der Waals surface area contributed by atoms with Gasteiger partial charge >= 0.3 is 6.98 Å². The first-order valence-corrected chi connectivity index (χ1v) is 3.98. The van der Waals surface area contributed by atoms with Crippen LogP contribution in [0.15, 0.2) is 30.3 Å². The monoisotopic (exact) mass is 146 g/mol. The Labute approximate surface area is 67.1 Å². The van der Waals surface area contributed by atoms with Crippen LogP contribution in [0.2, 0.25) is 0 Å². The smallest absolute Gasteiger partial charge is 0.337 e. The Hall–Kier alpha value is -0.795. The lowest BCUT2D eigenvalue weighted by molar-refractivity contribution is 0.942. The van der Waals surface area contributed by atoms with Crippen molar-refractivity contribution in [3.05, 3.63) is 30.3 Å². The molecule has 0 aromatic heterocycles. The molecule has 1 aromatic rings. The van der Waals surface area contributed by atoms with Gasteiger partial charge < -0.3 is 10.5 Å². The van der Waals surface area contributed by atoms with E-state index in [1.54, 1.807) is 0 Å². The largest absolute Gasteiger partial charge is 0.340 e. The van der Waals surface area contributed by atoms with Crippen molar-refractivity contribution in [3.63, 3.8) is 0 Å². The van der Waals surface area contributed by atoms with Crippen LogP contribution in [0.5, 0.6) is 0 Å². The van der Waals surface area contributed by atoms with Crippen LogP contribution in [0.1, 0.15) is 0 Å². The summed E-state index contributed by atoms with van der Waals surface area (Å²) in [6, 6.07) is 10.4. The van der Waals surface area contributed by atoms with Gasteiger partial charge in [0, 0.05) is 0 Å². The molecule has 1 fully saturated rings. The van der Waals surface area contributed by atoms with E-state index in [2.05, 4.69) is 34.7 Å². The van der Waals surface area contributed by atoms with Crippen molar-refractivity contribution in [2.75, 3.05) is 13.1 Å². The second kappa shape index (κ2) is 3.07. The second-order valence-electron chi connectivity index (χ2n) is 2.75. The highest BCUT2D eigenvalue weighted by molar-refractivity contribution is 6.69. The third kappa shape index (κ3) is 1.44. The van der Waals surface area contributed by atoms with Gasteiger partial charge in [-0.1, -0.05) is 30.3 Å². The summed E-state index contributed by atoms with van der Waals surface area (Å²) in [5, 5.41) is 6.72. The highest BCUT2D eigenvalue weighted by atomic mass is 15.0. The molecule has 0 aliphatic carbocycles. The number of nitrogens with one attached hydrogen (secondary N) is 2. The second-order valence-corrected chi connectivity index (χ2v) is 2.75. The number of benzene rings is 1. The molecule has 0 saturated carbocycles. The minimum Gasteiger partial charge on any atom is -0.337 e. The van der Waals surface area contributed by atoms with Crippen LogP contribution in [-0.2, 0) is 0 Å². The maximum Gasteiger partial charge on any atom is 0.340 e. The Morgan fingerprint density at radius 3 is 2.27 bits per heavy atom. The first-order valence-electron chi connectivity index (χ1n) is 3.98. The molecule has 1 aliphatic heterocycles. The summed E-state index contributed by atoms with van der Waals surface area (Å²) in [4.78, 5) is 0. The van der Waals surface area contributed by atoms with Gasteiger partial charge in [0.15, 0.2) is 0 Å². The molecule has 2 N–H and O–H groups in total. The van der Waals surface area contributed by atoms with Crippen molar-refractivity contribution in [1.29, 1.82) is 0 Å². The SMILES string of the molecule is c1ccc(B2NCCN2)cc1. The van der Waals surface area contributed by atoms with Gasteiger partial charge in [-0.15, -0.1) is 0 Å². The minimum absolute atomic E-state index is 0.371. The first kappa shape index (κ1) is 6.89. The van der Waals surface area contributed by atoms with E-state index in [4.69, 9.17) is 0 Å². The maximum absolute atomic E-state index is 3.36. The molecule has 3 heteroatoms. The zero-order chi connectivity index (χ0) is 7.52. The van der Waals surface area contributed by atoms with Crippen molar-refractivity contribution in [3.8, 4) is 0 Å². The third-order valence-electron chi connectivity index (χ3n) is 1.95. The maximum atomic E-state index is 3.36. The summed E-state index contributed by atoms with van der Waals surface area (Å²) in [7, 11) is 0. The molecule has 0 radical (unpaired) electrons. The van der Waals surface area contributed by atoms with Crippen LogP contribution in [0, 0.1) is 0 Å². The van der Waals surface area contributed by atoms with E-state index in [-0.39, 0.29) is 0 Å². The average molecular weight is 146 g/mol. The molecule has 11 heavy (non-hydrogen) atoms. The highest BCUT2D eigenvalue weighted by Crippen LogP contribution is 1.86. The molecule has 1 aliphatic rings.